The van der Waals surface area contributed by atoms with E-state index in [1.165, 1.54) is 0 Å². The molecule has 6 saturated heterocycles. The average Bonchev–Trinajstić information content (AvgIpc) is 1.64. The van der Waals surface area contributed by atoms with Gasteiger partial charge in [0.2, 0.25) is 0 Å². The predicted molar refractivity (Wildman–Crippen MR) is 366 cm³/mol. The topological polar surface area (TPSA) is 275 Å². The van der Waals surface area contributed by atoms with E-state index >= 15 is 0 Å². The number of alkyl halides is 1. The smallest absolute Gasteiger partial charge is 0.410 e. The second-order valence-electron chi connectivity index (χ2n) is 25.5. The zero-order chi connectivity index (χ0) is 64.2. The predicted octanol–water partition coefficient (Wildman–Crippen LogP) is 8.95. The highest BCUT2D eigenvalue weighted by Gasteiger charge is 2.38. The molecule has 2 unspecified atom stereocenters. The molecule has 8 aromatic rings. The summed E-state index contributed by atoms with van der Waals surface area (Å²) in [5, 5.41) is 3.40. The first-order chi connectivity index (χ1) is 44.0. The van der Waals surface area contributed by atoms with Crippen LogP contribution < -0.4 is 22.0 Å². The van der Waals surface area contributed by atoms with E-state index in [0.717, 1.165) is 159 Å². The second kappa shape index (κ2) is 33.2. The molecule has 498 valence electrons. The van der Waals surface area contributed by atoms with Gasteiger partial charge in [0.05, 0.1) is 31.0 Å². The van der Waals surface area contributed by atoms with Crippen molar-refractivity contribution in [3.05, 3.63) is 151 Å². The largest absolute Gasteiger partial charge is 0.444 e. The summed E-state index contributed by atoms with van der Waals surface area (Å²) in [6, 6.07) is 3.59. The number of halogens is 2. The van der Waals surface area contributed by atoms with E-state index in [9.17, 15) is 19.2 Å². The lowest BCUT2D eigenvalue weighted by atomic mass is 9.95. The van der Waals surface area contributed by atoms with Crippen molar-refractivity contribution < 1.29 is 23.7 Å². The minimum Gasteiger partial charge on any atom is -0.444 e. The monoisotopic (exact) mass is 1360 g/mol. The highest BCUT2D eigenvalue weighted by molar-refractivity contribution is 8.33. The van der Waals surface area contributed by atoms with Gasteiger partial charge >= 0.3 is 6.09 Å². The molecule has 8 atom stereocenters. The van der Waals surface area contributed by atoms with Crippen molar-refractivity contribution in [3.63, 3.8) is 0 Å². The number of aromatic nitrogens is 13. The highest BCUT2D eigenvalue weighted by Crippen LogP contribution is 2.36. The van der Waals surface area contributed by atoms with E-state index in [4.69, 9.17) is 30.5 Å². The Morgan fingerprint density at radius 3 is 1.35 bits per heavy atom. The van der Waals surface area contributed by atoms with Gasteiger partial charge in [-0.15, -0.1) is 41.9 Å². The third kappa shape index (κ3) is 17.6. The third-order valence-electron chi connectivity index (χ3n) is 17.9. The van der Waals surface area contributed by atoms with E-state index < -0.39 is 5.60 Å². The summed E-state index contributed by atoms with van der Waals surface area (Å²) in [6.45, 7) is 22.3. The van der Waals surface area contributed by atoms with E-state index in [0.29, 0.717) is 76.9 Å². The minimum atomic E-state index is -0.527. The van der Waals surface area contributed by atoms with Crippen LogP contribution in [-0.4, -0.2) is 163 Å². The maximum absolute atomic E-state index is 12.8. The van der Waals surface area contributed by atoms with Crippen LogP contribution in [-0.2, 0) is 31.4 Å². The van der Waals surface area contributed by atoms with Gasteiger partial charge in [-0.2, -0.15) is 0 Å². The van der Waals surface area contributed by atoms with Crippen LogP contribution in [0.1, 0.15) is 162 Å². The van der Waals surface area contributed by atoms with E-state index in [1.807, 2.05) is 46.2 Å². The van der Waals surface area contributed by atoms with Crippen LogP contribution in [0.5, 0.6) is 0 Å². The summed E-state index contributed by atoms with van der Waals surface area (Å²) in [6.07, 6.45) is 23.5. The van der Waals surface area contributed by atoms with Crippen molar-refractivity contribution in [1.82, 2.24) is 78.2 Å². The number of fused-ring (bicyclic) bond motifs is 3. The normalized spacial score (nSPS) is 22.3. The van der Waals surface area contributed by atoms with Crippen molar-refractivity contribution in [2.24, 2.45) is 17.8 Å². The fourth-order valence-electron chi connectivity index (χ4n) is 13.2. The van der Waals surface area contributed by atoms with Crippen LogP contribution in [0.4, 0.5) is 4.79 Å². The lowest BCUT2D eigenvalue weighted by Gasteiger charge is -2.24. The molecule has 1 amide bonds. The fourth-order valence-corrected chi connectivity index (χ4v) is 13.3. The number of likely N-dealkylation sites (tertiary alicyclic amines) is 2. The Hall–Kier alpha value is -5.64. The number of amides is 1. The molecular weight excluding hydrogens is 1270 g/mol. The van der Waals surface area contributed by atoms with Gasteiger partial charge in [-0.05, 0) is 95.7 Å². The van der Waals surface area contributed by atoms with Crippen LogP contribution in [0.25, 0.3) is 16.6 Å². The molecule has 14 heterocycles. The average molecular weight is 1360 g/mol. The summed E-state index contributed by atoms with van der Waals surface area (Å²) < 4.78 is 27.9. The van der Waals surface area contributed by atoms with Crippen LogP contribution in [0.2, 0.25) is 0 Å². The molecule has 0 aromatic carbocycles. The minimum absolute atomic E-state index is 0. The maximum Gasteiger partial charge on any atom is 0.410 e. The summed E-state index contributed by atoms with van der Waals surface area (Å²) in [4.78, 5) is 93.7. The lowest BCUT2D eigenvalue weighted by molar-refractivity contribution is 0.0287. The SMILES string of the molecule is C[C@@H]1CN(C(=O)OC(C)(C)C)C[C@H]1c1cn2c(C3CCOCC3)ncc2c(=O)[nH]1.C[C@@H]1CN(Cc2ncccn2)C[C@H]1c1cn2c(C3CCOCC3)ncc2c(=O)[nH]1.C[C@@H]1CNC[C@H]1c1cn2c(C3CCOCC3)ncc2c(=O)[nH]1.Cl.ClCc1ncccn1.PPP. The summed E-state index contributed by atoms with van der Waals surface area (Å²) in [7, 11) is 6.06. The van der Waals surface area contributed by atoms with Gasteiger partial charge in [-0.1, -0.05) is 28.7 Å². The molecule has 92 heavy (non-hydrogen) atoms. The highest BCUT2D eigenvalue weighted by atomic mass is 35.5. The number of aromatic amines is 3. The summed E-state index contributed by atoms with van der Waals surface area (Å²) >= 11 is 5.40. The zero-order valence-electron chi connectivity index (χ0n) is 53.3. The number of imidazole rings is 3. The van der Waals surface area contributed by atoms with Crippen LogP contribution in [0, 0.1) is 17.8 Å². The molecular formula is C63H89Cl2N16O8P3. The maximum atomic E-state index is 12.8. The van der Waals surface area contributed by atoms with Crippen molar-refractivity contribution >= 4 is 72.5 Å². The van der Waals surface area contributed by atoms with Gasteiger partial charge < -0.3 is 44.1 Å². The van der Waals surface area contributed by atoms with Crippen molar-refractivity contribution in [2.75, 3.05) is 78.9 Å². The molecule has 29 heteroatoms. The molecule has 24 nitrogen and oxygen atoms in total. The summed E-state index contributed by atoms with van der Waals surface area (Å²) in [5.74, 6) is 7.67. The number of carbonyl (C=O) groups excluding carboxylic acids is 1. The standard InChI is InChI=1S/C21H26N6O2.C21H30N4O4.C16H22N4O2.C5H5ClN2.ClH.H5P3/c1-14-10-26(13-19-22-5-2-6-23-19)11-16(14)17-12-27-18(21(28)25-17)9-24-20(27)15-3-7-29-8-4-15;1-13-10-24(20(27)29-21(2,3)4)11-15(13)16-12-25-17(19(26)23-16)9-22-18(25)14-5-7-28-8-6-14;1-10-6-17-7-12(10)13-9-20-14(16(21)19-13)8-18-15(20)11-2-4-22-5-3-11;6-4-5-7-2-1-3-8-5;;1-3-2/h2,5-6,9,12,14-16H,3-4,7-8,10-11,13H2,1H3,(H,25,28);9,12-15H,5-8,10-11H2,1-4H3,(H,23,26);8-12,17H,2-7H2,1H3,(H,19,21);1-3H,4H2;1H;3H,1-2H2/t14-,16-;13-,15-;10-,12-;;;/m111.../s1. The number of nitrogens with zero attached hydrogens (tertiary/aromatic N) is 12. The molecule has 8 aromatic heterocycles. The van der Waals surface area contributed by atoms with Gasteiger partial charge in [0.1, 0.15) is 51.3 Å². The third-order valence-corrected chi connectivity index (χ3v) is 18.1. The molecule has 6 fully saturated rings. The summed E-state index contributed by atoms with van der Waals surface area (Å²) in [5.41, 5.74) is 3.89. The van der Waals surface area contributed by atoms with Crippen molar-refractivity contribution in [2.45, 2.75) is 134 Å². The Morgan fingerprint density at radius 1 is 0.576 bits per heavy atom. The Balaban J connectivity index is 0.000000151. The van der Waals surface area contributed by atoms with Gasteiger partial charge in [0, 0.05) is 168 Å². The molecule has 0 bridgehead atoms. The van der Waals surface area contributed by atoms with E-state index in [1.54, 1.807) is 54.3 Å². The van der Waals surface area contributed by atoms with Gasteiger partial charge in [0.25, 0.3) is 16.7 Å². The Kier molecular flexibility index (Phi) is 25.5. The zero-order valence-corrected chi connectivity index (χ0v) is 58.2. The first-order valence-corrected chi connectivity index (χ1v) is 36.8. The van der Waals surface area contributed by atoms with E-state index in [2.05, 4.69) is 111 Å². The van der Waals surface area contributed by atoms with Crippen molar-refractivity contribution in [3.8, 4) is 0 Å². The number of nitrogens with one attached hydrogen (secondary N) is 4. The molecule has 0 saturated carbocycles. The van der Waals surface area contributed by atoms with Crippen molar-refractivity contribution in [1.29, 1.82) is 0 Å². The Labute approximate surface area is 553 Å². The van der Waals surface area contributed by atoms with Crippen LogP contribution >= 0.6 is 49.8 Å². The Bertz CT molecular complexity index is 3830. The second-order valence-corrected chi connectivity index (χ2v) is 30.1. The number of ether oxygens (including phenoxy) is 4. The first kappa shape index (κ1) is 70.7. The molecule has 6 aliphatic rings. The number of hydrogen-bond acceptors (Lipinski definition) is 17. The van der Waals surface area contributed by atoms with Crippen LogP contribution in [0.3, 0.4) is 0 Å². The lowest BCUT2D eigenvalue weighted by Crippen LogP contribution is -2.35. The molecule has 6 aliphatic heterocycles. The molecule has 4 N–H and O–H groups in total. The molecule has 0 spiro atoms. The van der Waals surface area contributed by atoms with Gasteiger partial charge in [-0.25, -0.2) is 39.7 Å². The Morgan fingerprint density at radius 2 is 0.967 bits per heavy atom. The fraction of sp³-hybridized carbons (Fsp3) is 0.571. The van der Waals surface area contributed by atoms with Crippen LogP contribution in [0.15, 0.2) is 88.5 Å². The number of hydrogen-bond donors (Lipinski definition) is 4. The first-order valence-electron chi connectivity index (χ1n) is 31.7. The molecule has 14 rings (SSSR count). The number of carbonyl (C=O) groups is 1. The number of rotatable bonds is 9. The number of H-pyrrole nitrogens is 3. The molecule has 0 radical (unpaired) electrons. The van der Waals surface area contributed by atoms with E-state index in [-0.39, 0.29) is 52.9 Å². The quantitative estimate of drug-likeness (QED) is 0.0775. The van der Waals surface area contributed by atoms with Gasteiger partial charge in [0.15, 0.2) is 0 Å². The molecule has 0 aliphatic carbocycles. The van der Waals surface area contributed by atoms with Gasteiger partial charge in [-0.3, -0.25) is 32.5 Å².